The van der Waals surface area contributed by atoms with Crippen LogP contribution in [0.5, 0.6) is 17.2 Å². The summed E-state index contributed by atoms with van der Waals surface area (Å²) in [6.45, 7) is -4.46. The number of ether oxygens (including phenoxy) is 3. The van der Waals surface area contributed by atoms with Gasteiger partial charge in [0, 0.05) is 23.3 Å². The molecule has 0 saturated carbocycles. The largest absolute Gasteiger partial charge is 0.508 e. The molecule has 7 heteroatoms. The van der Waals surface area contributed by atoms with Crippen LogP contribution in [0.1, 0.15) is 25.4 Å². The maximum atomic E-state index is 9.80. The van der Waals surface area contributed by atoms with Crippen molar-refractivity contribution in [3.05, 3.63) is 54.1 Å². The molecule has 0 unspecified atom stereocenters. The Morgan fingerprint density at radius 1 is 1.37 bits per heavy atom. The minimum absolute atomic E-state index is 0.0963. The zero-order valence-electron chi connectivity index (χ0n) is 19.5. The number of phenols is 1. The molecule has 0 radical (unpaired) electrons. The predicted molar refractivity (Wildman–Crippen MR) is 100 cm³/mol. The van der Waals surface area contributed by atoms with Crippen molar-refractivity contribution >= 4 is 6.47 Å². The van der Waals surface area contributed by atoms with Crippen LogP contribution in [-0.4, -0.2) is 49.0 Å². The molecule has 146 valence electrons. The molecule has 3 rings (SSSR count). The Kier molecular flexibility index (Phi) is 5.86. The van der Waals surface area contributed by atoms with Crippen molar-refractivity contribution in [2.24, 2.45) is 0 Å². The Morgan fingerprint density at radius 3 is 2.81 bits per heavy atom. The third kappa shape index (κ3) is 6.16. The normalized spacial score (nSPS) is 20.9. The average molecular weight is 380 g/mol. The van der Waals surface area contributed by atoms with Gasteiger partial charge in [0.05, 0.1) is 15.9 Å². The number of morpholine rings is 1. The number of aromatic hydroxyl groups is 1. The van der Waals surface area contributed by atoms with Gasteiger partial charge < -0.3 is 29.7 Å². The average Bonchev–Trinajstić information content (AvgIpc) is 2.74. The number of hydrogen-bond donors (Lipinski definition) is 3. The molecule has 7 nitrogen and oxygen atoms in total. The highest BCUT2D eigenvalue weighted by Gasteiger charge is 2.28. The highest BCUT2D eigenvalue weighted by molar-refractivity contribution is 5.45. The van der Waals surface area contributed by atoms with Gasteiger partial charge in [0.1, 0.15) is 11.9 Å². The summed E-state index contributed by atoms with van der Waals surface area (Å²) >= 11 is 0. The minimum Gasteiger partial charge on any atom is -0.508 e. The first kappa shape index (κ1) is 14.3. The number of carboxylic acid groups (broad SMARTS) is 1. The van der Waals surface area contributed by atoms with E-state index in [9.17, 15) is 5.11 Å². The van der Waals surface area contributed by atoms with Crippen molar-refractivity contribution in [3.63, 3.8) is 0 Å². The van der Waals surface area contributed by atoms with E-state index in [1.54, 1.807) is 0 Å². The van der Waals surface area contributed by atoms with Crippen molar-refractivity contribution < 1.29 is 36.1 Å². The van der Waals surface area contributed by atoms with Gasteiger partial charge in [0.2, 0.25) is 0 Å². The Hall–Kier alpha value is -2.77. The lowest BCUT2D eigenvalue weighted by molar-refractivity contribution is -0.122. The molecular formula is C20H25NO6. The zero-order valence-corrected chi connectivity index (χ0v) is 14.5. The summed E-state index contributed by atoms with van der Waals surface area (Å²) in [5.74, 6) is -0.324. The molecule has 2 atom stereocenters. The second kappa shape index (κ2) is 11.1. The van der Waals surface area contributed by atoms with Crippen LogP contribution in [0.3, 0.4) is 0 Å². The molecule has 3 N–H and O–H groups in total. The van der Waals surface area contributed by atoms with E-state index in [0.717, 1.165) is 18.2 Å². The highest BCUT2D eigenvalue weighted by atomic mass is 16.6. The van der Waals surface area contributed by atoms with Crippen LogP contribution in [0.25, 0.3) is 0 Å². The summed E-state index contributed by atoms with van der Waals surface area (Å²) in [7, 11) is 0. The maximum absolute atomic E-state index is 9.80. The number of carbonyl (C=O) groups is 1. The second-order valence-corrected chi connectivity index (χ2v) is 5.50. The predicted octanol–water partition coefficient (Wildman–Crippen LogP) is 2.60. The summed E-state index contributed by atoms with van der Waals surface area (Å²) in [5, 5.41) is 19.9. The van der Waals surface area contributed by atoms with Crippen molar-refractivity contribution in [2.75, 3.05) is 26.3 Å². The fourth-order valence-electron chi connectivity index (χ4n) is 2.65. The fourth-order valence-corrected chi connectivity index (χ4v) is 2.65. The van der Waals surface area contributed by atoms with E-state index < -0.39 is 19.5 Å². The smallest absolute Gasteiger partial charge is 0.290 e. The molecule has 0 aliphatic carbocycles. The molecule has 2 aromatic carbocycles. The van der Waals surface area contributed by atoms with E-state index >= 15 is 0 Å². The van der Waals surface area contributed by atoms with E-state index in [1.165, 1.54) is 12.1 Å². The van der Waals surface area contributed by atoms with E-state index in [1.807, 2.05) is 30.3 Å². The van der Waals surface area contributed by atoms with Gasteiger partial charge in [-0.25, -0.2) is 0 Å². The second-order valence-electron chi connectivity index (χ2n) is 5.50. The van der Waals surface area contributed by atoms with Crippen LogP contribution in [0, 0.1) is 0 Å². The zero-order chi connectivity index (χ0) is 23.8. The van der Waals surface area contributed by atoms with Gasteiger partial charge in [-0.3, -0.25) is 4.79 Å². The van der Waals surface area contributed by atoms with Crippen molar-refractivity contribution in [1.82, 2.24) is 5.32 Å². The van der Waals surface area contributed by atoms with Gasteiger partial charge in [-0.1, -0.05) is 30.3 Å². The number of rotatable bonds is 6. The van der Waals surface area contributed by atoms with Gasteiger partial charge in [-0.2, -0.15) is 0 Å². The standard InChI is InChI=1S/C19H23NO4.CH2O2/c1-2-22-17-12-15(21)8-9-16(17)24-19(14-6-4-3-5-7-14)18-13-20-10-11-23-18;2-1-3/h3-9,12,18-21H,2,10-11,13H2,1H3;1H,(H,2,3)/t18-,19-;/m0./s1/i1D3,2D2;. The third-order valence-corrected chi connectivity index (χ3v) is 3.76. The summed E-state index contributed by atoms with van der Waals surface area (Å²) in [4.78, 5) is 8.36. The molecule has 0 bridgehead atoms. The van der Waals surface area contributed by atoms with Crippen molar-refractivity contribution in [2.45, 2.75) is 19.1 Å². The summed E-state index contributed by atoms with van der Waals surface area (Å²) in [5.41, 5.74) is 0.832. The lowest BCUT2D eigenvalue weighted by atomic mass is 10.0. The Balaban J connectivity index is 0.00000114. The Labute approximate surface area is 165 Å². The van der Waals surface area contributed by atoms with Crippen LogP contribution < -0.4 is 14.8 Å². The molecule has 0 amide bonds. The molecule has 0 aromatic heterocycles. The van der Waals surface area contributed by atoms with Gasteiger partial charge in [0.25, 0.3) is 6.47 Å². The van der Waals surface area contributed by atoms with Crippen molar-refractivity contribution in [3.8, 4) is 17.2 Å². The van der Waals surface area contributed by atoms with Gasteiger partial charge in [-0.15, -0.1) is 0 Å². The minimum atomic E-state index is -3.02. The first-order valence-electron chi connectivity index (χ1n) is 10.7. The number of nitrogens with one attached hydrogen (secondary N) is 1. The molecule has 1 aliphatic rings. The van der Waals surface area contributed by atoms with E-state index in [2.05, 4.69) is 5.32 Å². The quantitative estimate of drug-likeness (QED) is 0.663. The summed E-state index contributed by atoms with van der Waals surface area (Å²) < 4.78 is 54.6. The van der Waals surface area contributed by atoms with E-state index in [0.29, 0.717) is 13.2 Å². The lowest BCUT2D eigenvalue weighted by Gasteiger charge is -2.32. The first-order valence-corrected chi connectivity index (χ1v) is 8.23. The third-order valence-electron chi connectivity index (χ3n) is 3.76. The molecule has 0 spiro atoms. The molecule has 2 aromatic rings. The highest BCUT2D eigenvalue weighted by Crippen LogP contribution is 2.36. The summed E-state index contributed by atoms with van der Waals surface area (Å²) in [6.07, 6.45) is -0.887. The molecule has 1 fully saturated rings. The first-order chi connectivity index (χ1) is 15.1. The van der Waals surface area contributed by atoms with Crippen LogP contribution in [0.15, 0.2) is 48.5 Å². The molecule has 1 saturated heterocycles. The SMILES string of the molecule is O=CO.[2H]C([2H])([2H])C([2H])([2H])Oc1cc(O)ccc1O[C@@H](c1ccccc1)[C@@H]1CNCCO1. The van der Waals surface area contributed by atoms with Crippen LogP contribution >= 0.6 is 0 Å². The van der Waals surface area contributed by atoms with Crippen molar-refractivity contribution in [1.29, 1.82) is 0 Å². The number of phenolic OH excluding ortho intramolecular Hbond substituents is 1. The number of benzene rings is 2. The van der Waals surface area contributed by atoms with Gasteiger partial charge >= 0.3 is 0 Å². The topological polar surface area (TPSA) is 97.3 Å². The monoisotopic (exact) mass is 380 g/mol. The maximum Gasteiger partial charge on any atom is 0.290 e. The van der Waals surface area contributed by atoms with Gasteiger partial charge in [0.15, 0.2) is 17.6 Å². The van der Waals surface area contributed by atoms with Crippen LogP contribution in [0.2, 0.25) is 0 Å². The lowest BCUT2D eigenvalue weighted by Crippen LogP contribution is -2.43. The van der Waals surface area contributed by atoms with Crippen LogP contribution in [0.4, 0.5) is 0 Å². The van der Waals surface area contributed by atoms with Gasteiger partial charge in [-0.05, 0) is 24.5 Å². The molecule has 1 heterocycles. The Bertz CT molecular complexity index is 859. The van der Waals surface area contributed by atoms with E-state index in [-0.39, 0.29) is 29.8 Å². The molecular weight excluding hydrogens is 350 g/mol. The van der Waals surface area contributed by atoms with Crippen LogP contribution in [-0.2, 0) is 9.53 Å². The molecule has 1 aliphatic heterocycles. The molecule has 27 heavy (non-hydrogen) atoms. The summed E-state index contributed by atoms with van der Waals surface area (Å²) in [6, 6.07) is 13.3. The number of hydrogen-bond acceptors (Lipinski definition) is 6. The van der Waals surface area contributed by atoms with E-state index in [4.69, 9.17) is 31.0 Å². The Morgan fingerprint density at radius 2 is 2.15 bits per heavy atom. The fraction of sp³-hybridized carbons (Fsp3) is 0.350.